The van der Waals surface area contributed by atoms with E-state index >= 15 is 0 Å². The normalized spacial score (nSPS) is 11.0. The van der Waals surface area contributed by atoms with Crippen molar-refractivity contribution in [3.8, 4) is 22.1 Å². The van der Waals surface area contributed by atoms with Crippen LogP contribution in [0, 0.1) is 0 Å². The van der Waals surface area contributed by atoms with Crippen LogP contribution in [0.5, 0.6) is 11.5 Å². The van der Waals surface area contributed by atoms with Crippen molar-refractivity contribution < 1.29 is 22.7 Å². The van der Waals surface area contributed by atoms with Gasteiger partial charge in [-0.15, -0.1) is 11.3 Å². The van der Waals surface area contributed by atoms with E-state index in [2.05, 4.69) is 25.0 Å². The zero-order chi connectivity index (χ0) is 24.1. The Morgan fingerprint density at radius 2 is 1.68 bits per heavy atom. The van der Waals surface area contributed by atoms with E-state index in [1.54, 1.807) is 37.8 Å². The molecule has 0 saturated carbocycles. The van der Waals surface area contributed by atoms with Gasteiger partial charge in [-0.25, -0.2) is 28.1 Å². The summed E-state index contributed by atoms with van der Waals surface area (Å²) in [5, 5.41) is 5.00. The van der Waals surface area contributed by atoms with Gasteiger partial charge >= 0.3 is 0 Å². The number of benzene rings is 2. The number of hydrogen-bond acceptors (Lipinski definition) is 9. The van der Waals surface area contributed by atoms with Crippen LogP contribution in [0.1, 0.15) is 10.5 Å². The van der Waals surface area contributed by atoms with Gasteiger partial charge in [-0.3, -0.25) is 4.79 Å². The highest BCUT2D eigenvalue weighted by atomic mass is 32.2. The van der Waals surface area contributed by atoms with E-state index in [9.17, 15) is 13.2 Å². The maximum atomic E-state index is 12.6. The lowest BCUT2D eigenvalue weighted by molar-refractivity contribution is 0.102. The molecular weight excluding hydrogens is 478 g/mol. The number of nitrogens with zero attached hydrogens (tertiary/aromatic N) is 3. The first-order valence-electron chi connectivity index (χ1n) is 9.79. The summed E-state index contributed by atoms with van der Waals surface area (Å²) in [7, 11) is -0.765. The molecule has 0 aliphatic heterocycles. The van der Waals surface area contributed by atoms with Crippen molar-refractivity contribution in [3.63, 3.8) is 0 Å². The molecule has 0 fully saturated rings. The topological polar surface area (TPSA) is 132 Å². The maximum absolute atomic E-state index is 12.6. The van der Waals surface area contributed by atoms with Crippen LogP contribution in [-0.2, 0) is 10.0 Å². The number of carbonyl (C=O) groups is 1. The van der Waals surface area contributed by atoms with Crippen molar-refractivity contribution in [2.24, 2.45) is 0 Å². The minimum Gasteiger partial charge on any atom is -0.493 e. The van der Waals surface area contributed by atoms with E-state index in [-0.39, 0.29) is 16.5 Å². The summed E-state index contributed by atoms with van der Waals surface area (Å²) in [6, 6.07) is 12.7. The Kier molecular flexibility index (Phi) is 6.70. The van der Waals surface area contributed by atoms with Gasteiger partial charge in [0.2, 0.25) is 5.95 Å². The van der Waals surface area contributed by atoms with Gasteiger partial charge in [0.25, 0.3) is 15.9 Å². The van der Waals surface area contributed by atoms with Gasteiger partial charge in [-0.2, -0.15) is 0 Å². The van der Waals surface area contributed by atoms with Crippen LogP contribution in [0.15, 0.2) is 71.2 Å². The third kappa shape index (κ3) is 5.13. The Morgan fingerprint density at radius 3 is 2.35 bits per heavy atom. The molecule has 0 radical (unpaired) electrons. The number of anilines is 2. The number of sulfonamides is 1. The second-order valence-electron chi connectivity index (χ2n) is 6.76. The van der Waals surface area contributed by atoms with E-state index in [0.717, 1.165) is 5.56 Å². The van der Waals surface area contributed by atoms with E-state index < -0.39 is 15.9 Å². The van der Waals surface area contributed by atoms with E-state index in [4.69, 9.17) is 9.47 Å². The molecule has 0 bridgehead atoms. The van der Waals surface area contributed by atoms with Crippen molar-refractivity contribution in [1.82, 2.24) is 15.0 Å². The standard InChI is InChI=1S/C22H19N5O5S2/c1-31-18-9-4-14(12-19(18)32-2)21-26-17(13-33-21)20(28)25-15-5-7-16(8-6-15)34(29,30)27-22-23-10-3-11-24-22/h3-13H,1-2H3,(H,25,28)(H,23,24,27). The van der Waals surface area contributed by atoms with E-state index in [0.29, 0.717) is 22.2 Å². The zero-order valence-corrected chi connectivity index (χ0v) is 19.7. The molecule has 0 aliphatic rings. The number of nitrogens with one attached hydrogen (secondary N) is 2. The number of carbonyl (C=O) groups excluding carboxylic acids is 1. The molecule has 0 unspecified atom stereocenters. The molecule has 4 aromatic rings. The summed E-state index contributed by atoms with van der Waals surface area (Å²) in [6.07, 6.45) is 2.86. The minimum absolute atomic E-state index is 0.00218. The fourth-order valence-electron chi connectivity index (χ4n) is 2.92. The highest BCUT2D eigenvalue weighted by Gasteiger charge is 2.17. The fourth-order valence-corrected chi connectivity index (χ4v) is 4.68. The smallest absolute Gasteiger partial charge is 0.275 e. The predicted molar refractivity (Wildman–Crippen MR) is 128 cm³/mol. The summed E-state index contributed by atoms with van der Waals surface area (Å²) in [6.45, 7) is 0. The van der Waals surface area contributed by atoms with Crippen molar-refractivity contribution in [2.45, 2.75) is 4.90 Å². The van der Waals surface area contributed by atoms with Gasteiger partial charge in [0, 0.05) is 29.0 Å². The molecular formula is C22H19N5O5S2. The molecule has 0 atom stereocenters. The molecule has 1 amide bonds. The number of aromatic nitrogens is 3. The van der Waals surface area contributed by atoms with Gasteiger partial charge in [0.1, 0.15) is 10.7 Å². The highest BCUT2D eigenvalue weighted by Crippen LogP contribution is 2.33. The molecule has 2 N–H and O–H groups in total. The maximum Gasteiger partial charge on any atom is 0.275 e. The molecule has 2 heterocycles. The van der Waals surface area contributed by atoms with Crippen LogP contribution < -0.4 is 19.5 Å². The van der Waals surface area contributed by atoms with E-state index in [1.165, 1.54) is 48.0 Å². The molecule has 0 aliphatic carbocycles. The summed E-state index contributed by atoms with van der Waals surface area (Å²) >= 11 is 1.31. The number of rotatable bonds is 8. The average molecular weight is 498 g/mol. The summed E-state index contributed by atoms with van der Waals surface area (Å²) in [4.78, 5) is 24.7. The van der Waals surface area contributed by atoms with Crippen molar-refractivity contribution in [3.05, 3.63) is 72.0 Å². The van der Waals surface area contributed by atoms with Gasteiger partial charge < -0.3 is 14.8 Å². The first-order valence-corrected chi connectivity index (χ1v) is 12.1. The van der Waals surface area contributed by atoms with Gasteiger partial charge in [0.15, 0.2) is 11.5 Å². The number of hydrogen-bond donors (Lipinski definition) is 2. The molecule has 2 aromatic carbocycles. The molecule has 2 aromatic heterocycles. The first-order chi connectivity index (χ1) is 16.4. The summed E-state index contributed by atoms with van der Waals surface area (Å²) in [5.74, 6) is 0.699. The predicted octanol–water partition coefficient (Wildman–Crippen LogP) is 3.67. The quantitative estimate of drug-likeness (QED) is 0.377. The second kappa shape index (κ2) is 9.85. The largest absolute Gasteiger partial charge is 0.493 e. The molecule has 4 rings (SSSR count). The van der Waals surface area contributed by atoms with Crippen molar-refractivity contribution in [2.75, 3.05) is 24.3 Å². The molecule has 174 valence electrons. The van der Waals surface area contributed by atoms with Crippen LogP contribution >= 0.6 is 11.3 Å². The Hall–Kier alpha value is -4.03. The first kappa shape index (κ1) is 23.1. The number of amides is 1. The minimum atomic E-state index is -3.87. The zero-order valence-electron chi connectivity index (χ0n) is 18.1. The third-order valence-corrected chi connectivity index (χ3v) is 6.82. The van der Waals surface area contributed by atoms with Crippen LogP contribution in [-0.4, -0.2) is 43.5 Å². The van der Waals surface area contributed by atoms with Gasteiger partial charge in [0.05, 0.1) is 19.1 Å². The van der Waals surface area contributed by atoms with Crippen LogP contribution in [0.2, 0.25) is 0 Å². The molecule has 0 saturated heterocycles. The lowest BCUT2D eigenvalue weighted by atomic mass is 10.2. The average Bonchev–Trinajstić information content (AvgIpc) is 3.35. The second-order valence-corrected chi connectivity index (χ2v) is 9.30. The number of methoxy groups -OCH3 is 2. The molecule has 0 spiro atoms. The Balaban J connectivity index is 1.45. The van der Waals surface area contributed by atoms with E-state index in [1.807, 2.05) is 6.07 Å². The molecule has 12 heteroatoms. The summed E-state index contributed by atoms with van der Waals surface area (Å²) in [5.41, 5.74) is 1.43. The molecule has 34 heavy (non-hydrogen) atoms. The fraction of sp³-hybridized carbons (Fsp3) is 0.0909. The number of thiazole rings is 1. The number of ether oxygens (including phenoxy) is 2. The van der Waals surface area contributed by atoms with Gasteiger partial charge in [-0.1, -0.05) is 0 Å². The summed E-state index contributed by atoms with van der Waals surface area (Å²) < 4.78 is 37.8. The van der Waals surface area contributed by atoms with Crippen molar-refractivity contribution >= 4 is 38.9 Å². The lowest BCUT2D eigenvalue weighted by Gasteiger charge is -2.08. The Bertz CT molecular complexity index is 1410. The highest BCUT2D eigenvalue weighted by molar-refractivity contribution is 7.92. The SMILES string of the molecule is COc1ccc(-c2nc(C(=O)Nc3ccc(S(=O)(=O)Nc4ncccn4)cc3)cs2)cc1OC. The molecule has 10 nitrogen and oxygen atoms in total. The van der Waals surface area contributed by atoms with Crippen molar-refractivity contribution in [1.29, 1.82) is 0 Å². The monoisotopic (exact) mass is 497 g/mol. The van der Waals surface area contributed by atoms with Crippen LogP contribution in [0.4, 0.5) is 11.6 Å². The van der Waals surface area contributed by atoms with Crippen LogP contribution in [0.25, 0.3) is 10.6 Å². The van der Waals surface area contributed by atoms with Crippen LogP contribution in [0.3, 0.4) is 0 Å². The Labute approximate surface area is 199 Å². The lowest BCUT2D eigenvalue weighted by Crippen LogP contribution is -2.15. The third-order valence-electron chi connectivity index (χ3n) is 4.58. The Morgan fingerprint density at radius 1 is 0.971 bits per heavy atom. The van der Waals surface area contributed by atoms with Gasteiger partial charge in [-0.05, 0) is 48.5 Å².